The highest BCUT2D eigenvalue weighted by atomic mass is 15.2. The van der Waals surface area contributed by atoms with Crippen LogP contribution in [0, 0.1) is 5.92 Å². The lowest BCUT2D eigenvalue weighted by Gasteiger charge is -2.32. The van der Waals surface area contributed by atoms with Crippen molar-refractivity contribution in [2.75, 3.05) is 13.1 Å². The number of nitrogens with zero attached hydrogens (tertiary/aromatic N) is 1. The van der Waals surface area contributed by atoms with Crippen molar-refractivity contribution in [3.63, 3.8) is 0 Å². The van der Waals surface area contributed by atoms with E-state index in [1.807, 2.05) is 0 Å². The van der Waals surface area contributed by atoms with Crippen molar-refractivity contribution in [1.29, 1.82) is 0 Å². The Kier molecular flexibility index (Phi) is 3.53. The summed E-state index contributed by atoms with van der Waals surface area (Å²) in [6.07, 6.45) is 2.86. The highest BCUT2D eigenvalue weighted by Crippen LogP contribution is 2.30. The van der Waals surface area contributed by atoms with Gasteiger partial charge in [-0.3, -0.25) is 4.90 Å². The number of hydrogen-bond acceptors (Lipinski definition) is 2. The second kappa shape index (κ2) is 4.24. The quantitative estimate of drug-likeness (QED) is 0.676. The maximum absolute atomic E-state index is 5.67. The summed E-state index contributed by atoms with van der Waals surface area (Å²) in [5, 5.41) is 0. The van der Waals surface area contributed by atoms with Crippen molar-refractivity contribution in [2.24, 2.45) is 11.7 Å². The number of rotatable bonds is 5. The van der Waals surface area contributed by atoms with Crippen LogP contribution in [0.5, 0.6) is 0 Å². The molecule has 0 heterocycles. The van der Waals surface area contributed by atoms with E-state index in [-0.39, 0.29) is 0 Å². The molecule has 1 aliphatic carbocycles. The van der Waals surface area contributed by atoms with Crippen LogP contribution in [0.2, 0.25) is 0 Å². The lowest BCUT2D eigenvalue weighted by Crippen LogP contribution is -2.43. The molecule has 0 amide bonds. The topological polar surface area (TPSA) is 29.3 Å². The van der Waals surface area contributed by atoms with Gasteiger partial charge in [-0.1, -0.05) is 0 Å². The summed E-state index contributed by atoms with van der Waals surface area (Å²) in [7, 11) is 0. The van der Waals surface area contributed by atoms with Gasteiger partial charge in [-0.05, 0) is 39.5 Å². The first-order chi connectivity index (χ1) is 5.65. The van der Waals surface area contributed by atoms with Gasteiger partial charge in [-0.25, -0.2) is 0 Å². The fourth-order valence-corrected chi connectivity index (χ4v) is 1.63. The van der Waals surface area contributed by atoms with Gasteiger partial charge >= 0.3 is 0 Å². The van der Waals surface area contributed by atoms with E-state index in [1.54, 1.807) is 0 Å². The fourth-order valence-electron chi connectivity index (χ4n) is 1.63. The van der Waals surface area contributed by atoms with Crippen molar-refractivity contribution in [3.8, 4) is 0 Å². The predicted molar refractivity (Wildman–Crippen MR) is 53.1 cm³/mol. The van der Waals surface area contributed by atoms with Crippen LogP contribution >= 0.6 is 0 Å². The Morgan fingerprint density at radius 3 is 2.25 bits per heavy atom. The van der Waals surface area contributed by atoms with Crippen LogP contribution in [-0.2, 0) is 0 Å². The molecule has 0 spiro atoms. The Labute approximate surface area is 76.1 Å². The van der Waals surface area contributed by atoms with Crippen molar-refractivity contribution >= 4 is 0 Å². The third-order valence-electron chi connectivity index (χ3n) is 2.74. The normalized spacial score (nSPS) is 20.5. The smallest absolute Gasteiger partial charge is 0.0192 e. The molecule has 72 valence electrons. The lowest BCUT2D eigenvalue weighted by molar-refractivity contribution is 0.160. The summed E-state index contributed by atoms with van der Waals surface area (Å²) in [6, 6.07) is 1.19. The SMILES string of the molecule is CC(C)N(CC1CC1)C(C)CN. The molecular weight excluding hydrogens is 148 g/mol. The summed E-state index contributed by atoms with van der Waals surface area (Å²) in [4.78, 5) is 2.53. The Bertz CT molecular complexity index is 130. The summed E-state index contributed by atoms with van der Waals surface area (Å²) < 4.78 is 0. The zero-order valence-corrected chi connectivity index (χ0v) is 8.59. The molecule has 1 atom stereocenters. The van der Waals surface area contributed by atoms with Gasteiger partial charge in [0.25, 0.3) is 0 Å². The second-order valence-electron chi connectivity index (χ2n) is 4.32. The molecular formula is C10H22N2. The zero-order valence-electron chi connectivity index (χ0n) is 8.59. The minimum absolute atomic E-state index is 0.547. The van der Waals surface area contributed by atoms with E-state index < -0.39 is 0 Å². The van der Waals surface area contributed by atoms with Crippen LogP contribution in [-0.4, -0.2) is 30.1 Å². The molecule has 1 saturated carbocycles. The Morgan fingerprint density at radius 2 is 1.92 bits per heavy atom. The Hall–Kier alpha value is -0.0800. The van der Waals surface area contributed by atoms with Gasteiger partial charge in [-0.15, -0.1) is 0 Å². The van der Waals surface area contributed by atoms with Crippen LogP contribution in [0.4, 0.5) is 0 Å². The molecule has 0 aromatic carbocycles. The minimum Gasteiger partial charge on any atom is -0.329 e. The minimum atomic E-state index is 0.547. The number of hydrogen-bond donors (Lipinski definition) is 1. The summed E-state index contributed by atoms with van der Waals surface area (Å²) in [6.45, 7) is 8.78. The van der Waals surface area contributed by atoms with Crippen LogP contribution in [0.1, 0.15) is 33.6 Å². The second-order valence-corrected chi connectivity index (χ2v) is 4.32. The van der Waals surface area contributed by atoms with E-state index in [1.165, 1.54) is 19.4 Å². The van der Waals surface area contributed by atoms with E-state index >= 15 is 0 Å². The van der Waals surface area contributed by atoms with Crippen molar-refractivity contribution in [2.45, 2.75) is 45.7 Å². The molecule has 0 radical (unpaired) electrons. The maximum Gasteiger partial charge on any atom is 0.0192 e. The highest BCUT2D eigenvalue weighted by Gasteiger charge is 2.27. The molecule has 2 nitrogen and oxygen atoms in total. The molecule has 0 aliphatic heterocycles. The van der Waals surface area contributed by atoms with Crippen molar-refractivity contribution in [3.05, 3.63) is 0 Å². The van der Waals surface area contributed by atoms with E-state index in [9.17, 15) is 0 Å². The molecule has 2 N–H and O–H groups in total. The van der Waals surface area contributed by atoms with E-state index in [0.717, 1.165) is 12.5 Å². The van der Waals surface area contributed by atoms with Crippen LogP contribution < -0.4 is 5.73 Å². The first-order valence-electron chi connectivity index (χ1n) is 5.11. The molecule has 1 unspecified atom stereocenters. The average Bonchev–Trinajstić information content (AvgIpc) is 2.81. The Morgan fingerprint density at radius 1 is 1.33 bits per heavy atom. The monoisotopic (exact) mass is 170 g/mol. The van der Waals surface area contributed by atoms with Gasteiger partial charge < -0.3 is 5.73 Å². The van der Waals surface area contributed by atoms with Crippen molar-refractivity contribution < 1.29 is 0 Å². The molecule has 0 saturated heterocycles. The van der Waals surface area contributed by atoms with Gasteiger partial charge in [0, 0.05) is 25.2 Å². The van der Waals surface area contributed by atoms with Gasteiger partial charge in [0.1, 0.15) is 0 Å². The van der Waals surface area contributed by atoms with Crippen LogP contribution in [0.3, 0.4) is 0 Å². The van der Waals surface area contributed by atoms with Crippen molar-refractivity contribution in [1.82, 2.24) is 4.90 Å². The molecule has 0 bridgehead atoms. The first kappa shape index (κ1) is 10.0. The van der Waals surface area contributed by atoms with Crippen LogP contribution in [0.25, 0.3) is 0 Å². The molecule has 0 aromatic heterocycles. The third-order valence-corrected chi connectivity index (χ3v) is 2.74. The molecule has 2 heteroatoms. The zero-order chi connectivity index (χ0) is 9.14. The number of nitrogens with two attached hydrogens (primary N) is 1. The third kappa shape index (κ3) is 2.76. The van der Waals surface area contributed by atoms with Gasteiger partial charge in [0.05, 0.1) is 0 Å². The lowest BCUT2D eigenvalue weighted by atomic mass is 10.2. The molecule has 1 rings (SSSR count). The van der Waals surface area contributed by atoms with E-state index in [4.69, 9.17) is 5.73 Å². The molecule has 1 aliphatic rings. The fraction of sp³-hybridized carbons (Fsp3) is 1.00. The predicted octanol–water partition coefficient (Wildman–Crippen LogP) is 1.45. The largest absolute Gasteiger partial charge is 0.329 e. The van der Waals surface area contributed by atoms with Gasteiger partial charge in [0.2, 0.25) is 0 Å². The average molecular weight is 170 g/mol. The first-order valence-corrected chi connectivity index (χ1v) is 5.11. The molecule has 1 fully saturated rings. The molecule has 0 aromatic rings. The van der Waals surface area contributed by atoms with Gasteiger partial charge in [0.15, 0.2) is 0 Å². The maximum atomic E-state index is 5.67. The van der Waals surface area contributed by atoms with Gasteiger partial charge in [-0.2, -0.15) is 0 Å². The standard InChI is InChI=1S/C10H22N2/c1-8(2)12(9(3)6-11)7-10-4-5-10/h8-10H,4-7,11H2,1-3H3. The van der Waals surface area contributed by atoms with E-state index in [0.29, 0.717) is 12.1 Å². The van der Waals surface area contributed by atoms with E-state index in [2.05, 4.69) is 25.7 Å². The highest BCUT2D eigenvalue weighted by molar-refractivity contribution is 4.81. The summed E-state index contributed by atoms with van der Waals surface area (Å²) in [5.74, 6) is 0.974. The summed E-state index contributed by atoms with van der Waals surface area (Å²) in [5.41, 5.74) is 5.67. The molecule has 12 heavy (non-hydrogen) atoms. The summed E-state index contributed by atoms with van der Waals surface area (Å²) >= 11 is 0. The Balaban J connectivity index is 2.35. The van der Waals surface area contributed by atoms with Crippen LogP contribution in [0.15, 0.2) is 0 Å².